The lowest BCUT2D eigenvalue weighted by molar-refractivity contribution is -0.681. The fourth-order valence-electron chi connectivity index (χ4n) is 4.63. The summed E-state index contributed by atoms with van der Waals surface area (Å²) in [6.07, 6.45) is 9.22. The molecule has 0 atom stereocenters. The standard InChI is InChI=1S/C29H21Cl2N6/c30-20-17-26-27(18-21(20)31)37(29(24-11-3-7-15-34-24)25-12-4-8-16-35-25)19-36(26)28(22-9-1-5-13-32-22)23-10-2-6-14-33-23/h1-19,28-29H/q+1. The van der Waals surface area contributed by atoms with Crippen LogP contribution < -0.4 is 4.57 Å². The van der Waals surface area contributed by atoms with Gasteiger partial charge in [-0.2, -0.15) is 0 Å². The Kier molecular flexibility index (Phi) is 6.35. The van der Waals surface area contributed by atoms with Gasteiger partial charge in [-0.1, -0.05) is 47.5 Å². The monoisotopic (exact) mass is 523 g/mol. The highest BCUT2D eigenvalue weighted by Crippen LogP contribution is 2.33. The van der Waals surface area contributed by atoms with Gasteiger partial charge < -0.3 is 0 Å². The van der Waals surface area contributed by atoms with Crippen molar-refractivity contribution in [3.63, 3.8) is 0 Å². The van der Waals surface area contributed by atoms with Gasteiger partial charge in [0, 0.05) is 36.9 Å². The number of hydrogen-bond acceptors (Lipinski definition) is 4. The maximum Gasteiger partial charge on any atom is 0.246 e. The van der Waals surface area contributed by atoms with E-state index in [0.29, 0.717) is 10.0 Å². The van der Waals surface area contributed by atoms with E-state index in [1.54, 1.807) is 24.8 Å². The average Bonchev–Trinajstić information content (AvgIpc) is 3.29. The molecule has 0 saturated heterocycles. The van der Waals surface area contributed by atoms with Crippen molar-refractivity contribution in [3.05, 3.63) is 149 Å². The van der Waals surface area contributed by atoms with Crippen LogP contribution in [0.4, 0.5) is 0 Å². The molecule has 180 valence electrons. The molecule has 0 spiro atoms. The summed E-state index contributed by atoms with van der Waals surface area (Å²) in [7, 11) is 0. The lowest BCUT2D eigenvalue weighted by Crippen LogP contribution is -2.41. The molecule has 6 nitrogen and oxygen atoms in total. The minimum atomic E-state index is -0.309. The van der Waals surface area contributed by atoms with Gasteiger partial charge in [0.1, 0.15) is 0 Å². The van der Waals surface area contributed by atoms with Crippen LogP contribution >= 0.6 is 23.2 Å². The van der Waals surface area contributed by atoms with E-state index in [0.717, 1.165) is 33.8 Å². The maximum absolute atomic E-state index is 6.57. The molecular formula is C29H21Cl2N6+. The van der Waals surface area contributed by atoms with Crippen LogP contribution in [0.3, 0.4) is 0 Å². The van der Waals surface area contributed by atoms with Crippen molar-refractivity contribution in [3.8, 4) is 0 Å². The number of fused-ring (bicyclic) bond motifs is 1. The smallest absolute Gasteiger partial charge is 0.246 e. The number of hydrogen-bond donors (Lipinski definition) is 0. The van der Waals surface area contributed by atoms with Crippen molar-refractivity contribution >= 4 is 34.2 Å². The first-order valence-corrected chi connectivity index (χ1v) is 12.5. The van der Waals surface area contributed by atoms with Crippen molar-refractivity contribution in [2.45, 2.75) is 12.1 Å². The molecule has 6 aromatic rings. The second-order valence-corrected chi connectivity index (χ2v) is 9.32. The van der Waals surface area contributed by atoms with Gasteiger partial charge in [0.25, 0.3) is 0 Å². The van der Waals surface area contributed by atoms with Crippen LogP contribution in [-0.4, -0.2) is 24.5 Å². The van der Waals surface area contributed by atoms with Crippen LogP contribution in [0, 0.1) is 0 Å². The van der Waals surface area contributed by atoms with Gasteiger partial charge in [-0.3, -0.25) is 19.9 Å². The number of imidazole rings is 1. The second-order valence-electron chi connectivity index (χ2n) is 8.51. The molecule has 0 aliphatic heterocycles. The van der Waals surface area contributed by atoms with E-state index >= 15 is 0 Å². The zero-order valence-electron chi connectivity index (χ0n) is 19.6. The SMILES string of the molecule is Clc1cc2c(cc1Cl)[n+](C(c1ccccn1)c1ccccn1)cn2C(c1ccccn1)c1ccccn1. The van der Waals surface area contributed by atoms with E-state index in [9.17, 15) is 0 Å². The normalized spacial score (nSPS) is 11.5. The fraction of sp³-hybridized carbons (Fsp3) is 0.0690. The second kappa shape index (κ2) is 10.1. The molecule has 6 rings (SSSR count). The summed E-state index contributed by atoms with van der Waals surface area (Å²) in [5, 5.41) is 0.933. The molecule has 0 N–H and O–H groups in total. The van der Waals surface area contributed by atoms with Gasteiger partial charge in [-0.05, 0) is 48.5 Å². The predicted molar refractivity (Wildman–Crippen MR) is 144 cm³/mol. The van der Waals surface area contributed by atoms with E-state index in [1.807, 2.05) is 84.9 Å². The van der Waals surface area contributed by atoms with E-state index in [2.05, 4.69) is 15.5 Å². The Morgan fingerprint density at radius 2 is 1.05 bits per heavy atom. The summed E-state index contributed by atoms with van der Waals surface area (Å²) in [5.74, 6) is 0. The van der Waals surface area contributed by atoms with E-state index in [-0.39, 0.29) is 12.1 Å². The summed E-state index contributed by atoms with van der Waals surface area (Å²) >= 11 is 13.1. The van der Waals surface area contributed by atoms with Crippen molar-refractivity contribution in [2.75, 3.05) is 0 Å². The van der Waals surface area contributed by atoms with Gasteiger partial charge >= 0.3 is 0 Å². The fourth-order valence-corrected chi connectivity index (χ4v) is 4.95. The number of benzene rings is 1. The first-order chi connectivity index (χ1) is 18.2. The Balaban J connectivity index is 1.67. The van der Waals surface area contributed by atoms with Gasteiger partial charge in [-0.15, -0.1) is 0 Å². The largest absolute Gasteiger partial charge is 0.256 e. The van der Waals surface area contributed by atoms with Crippen molar-refractivity contribution in [1.82, 2.24) is 24.5 Å². The zero-order valence-corrected chi connectivity index (χ0v) is 21.1. The number of nitrogens with zero attached hydrogens (tertiary/aromatic N) is 6. The Morgan fingerprint density at radius 1 is 0.595 bits per heavy atom. The summed E-state index contributed by atoms with van der Waals surface area (Å²) in [6, 6.07) is 26.7. The van der Waals surface area contributed by atoms with Gasteiger partial charge in [0.05, 0.1) is 32.8 Å². The summed E-state index contributed by atoms with van der Waals surface area (Å²) in [5.41, 5.74) is 5.17. The van der Waals surface area contributed by atoms with E-state index < -0.39 is 0 Å². The van der Waals surface area contributed by atoms with Crippen molar-refractivity contribution in [2.24, 2.45) is 0 Å². The third-order valence-electron chi connectivity index (χ3n) is 6.25. The first-order valence-electron chi connectivity index (χ1n) is 11.7. The third-order valence-corrected chi connectivity index (χ3v) is 6.97. The topological polar surface area (TPSA) is 60.4 Å². The number of halogens is 2. The number of pyridine rings is 4. The number of rotatable bonds is 6. The Morgan fingerprint density at radius 3 is 1.51 bits per heavy atom. The van der Waals surface area contributed by atoms with Crippen LogP contribution in [0.2, 0.25) is 10.0 Å². The molecule has 0 radical (unpaired) electrons. The highest BCUT2D eigenvalue weighted by Gasteiger charge is 2.33. The van der Waals surface area contributed by atoms with Crippen LogP contribution in [0.5, 0.6) is 0 Å². The van der Waals surface area contributed by atoms with Gasteiger partial charge in [0.2, 0.25) is 6.33 Å². The van der Waals surface area contributed by atoms with Crippen molar-refractivity contribution < 1.29 is 4.57 Å². The van der Waals surface area contributed by atoms with Crippen LogP contribution in [-0.2, 0) is 0 Å². The lowest BCUT2D eigenvalue weighted by atomic mass is 10.1. The molecule has 0 aliphatic rings. The quantitative estimate of drug-likeness (QED) is 0.248. The molecule has 5 heterocycles. The molecule has 0 aliphatic carbocycles. The average molecular weight is 524 g/mol. The molecule has 37 heavy (non-hydrogen) atoms. The molecule has 8 heteroatoms. The van der Waals surface area contributed by atoms with Gasteiger partial charge in [0.15, 0.2) is 23.1 Å². The highest BCUT2D eigenvalue weighted by atomic mass is 35.5. The molecule has 0 bridgehead atoms. The highest BCUT2D eigenvalue weighted by molar-refractivity contribution is 6.42. The number of aromatic nitrogens is 6. The molecule has 1 aromatic carbocycles. The third kappa shape index (κ3) is 4.46. The van der Waals surface area contributed by atoms with Crippen LogP contribution in [0.1, 0.15) is 34.9 Å². The van der Waals surface area contributed by atoms with E-state index in [1.165, 1.54) is 0 Å². The molecule has 0 amide bonds. The molecule has 0 saturated carbocycles. The summed E-state index contributed by atoms with van der Waals surface area (Å²) in [4.78, 5) is 18.8. The molecule has 0 unspecified atom stereocenters. The molecular weight excluding hydrogens is 503 g/mol. The molecule has 0 fully saturated rings. The predicted octanol–water partition coefficient (Wildman–Crippen LogP) is 6.09. The molecule has 5 aromatic heterocycles. The van der Waals surface area contributed by atoms with Gasteiger partial charge in [-0.25, -0.2) is 9.13 Å². The maximum atomic E-state index is 6.57. The summed E-state index contributed by atoms with van der Waals surface area (Å²) < 4.78 is 4.28. The first kappa shape index (κ1) is 23.3. The van der Waals surface area contributed by atoms with E-state index in [4.69, 9.17) is 43.1 Å². The Labute approximate surface area is 223 Å². The minimum Gasteiger partial charge on any atom is -0.256 e. The van der Waals surface area contributed by atoms with Crippen LogP contribution in [0.25, 0.3) is 11.0 Å². The Hall–Kier alpha value is -4.13. The summed E-state index contributed by atoms with van der Waals surface area (Å²) in [6.45, 7) is 0. The minimum absolute atomic E-state index is 0.309. The van der Waals surface area contributed by atoms with Crippen molar-refractivity contribution in [1.29, 1.82) is 0 Å². The zero-order chi connectivity index (χ0) is 25.2. The Bertz CT molecular complexity index is 1440. The lowest BCUT2D eigenvalue weighted by Gasteiger charge is -2.15. The van der Waals surface area contributed by atoms with Crippen LogP contribution in [0.15, 0.2) is 116 Å².